The van der Waals surface area contributed by atoms with Gasteiger partial charge in [0.1, 0.15) is 0 Å². The average molecular weight is 284 g/mol. The van der Waals surface area contributed by atoms with Crippen molar-refractivity contribution < 1.29 is 19.4 Å². The van der Waals surface area contributed by atoms with Gasteiger partial charge in [0, 0.05) is 26.1 Å². The number of carboxylic acids is 1. The predicted molar refractivity (Wildman–Crippen MR) is 75.6 cm³/mol. The standard InChI is InChI=1S/C14H24N2O4/c1-2-3-8-20-9-6-15-14(19)16-7-4-5-12(11-16)10-13(17)18/h2,12H,1,3-11H2,(H,15,19)(H,17,18). The maximum absolute atomic E-state index is 11.9. The number of piperidine rings is 1. The summed E-state index contributed by atoms with van der Waals surface area (Å²) in [4.78, 5) is 24.3. The smallest absolute Gasteiger partial charge is 0.317 e. The Morgan fingerprint density at radius 2 is 2.25 bits per heavy atom. The summed E-state index contributed by atoms with van der Waals surface area (Å²) in [6.45, 7) is 6.38. The summed E-state index contributed by atoms with van der Waals surface area (Å²) in [5.74, 6) is -0.733. The number of likely N-dealkylation sites (tertiary alicyclic amines) is 1. The third-order valence-corrected chi connectivity index (χ3v) is 3.26. The number of ether oxygens (including phenoxy) is 1. The van der Waals surface area contributed by atoms with Crippen LogP contribution in [0.2, 0.25) is 0 Å². The number of carboxylic acid groups (broad SMARTS) is 1. The van der Waals surface area contributed by atoms with E-state index in [4.69, 9.17) is 9.84 Å². The molecular formula is C14H24N2O4. The van der Waals surface area contributed by atoms with Crippen molar-refractivity contribution in [3.8, 4) is 0 Å². The van der Waals surface area contributed by atoms with Crippen molar-refractivity contribution >= 4 is 12.0 Å². The van der Waals surface area contributed by atoms with Crippen LogP contribution in [-0.4, -0.2) is 54.9 Å². The van der Waals surface area contributed by atoms with Gasteiger partial charge in [-0.15, -0.1) is 6.58 Å². The zero-order valence-corrected chi connectivity index (χ0v) is 11.8. The van der Waals surface area contributed by atoms with Gasteiger partial charge in [0.05, 0.1) is 13.2 Å². The number of carbonyl (C=O) groups excluding carboxylic acids is 1. The minimum Gasteiger partial charge on any atom is -0.481 e. The number of hydrogen-bond donors (Lipinski definition) is 2. The summed E-state index contributed by atoms with van der Waals surface area (Å²) in [6, 6.07) is -0.132. The number of nitrogens with zero attached hydrogens (tertiary/aromatic N) is 1. The van der Waals surface area contributed by atoms with E-state index in [2.05, 4.69) is 11.9 Å². The summed E-state index contributed by atoms with van der Waals surface area (Å²) in [7, 11) is 0. The van der Waals surface area contributed by atoms with E-state index >= 15 is 0 Å². The molecule has 0 spiro atoms. The number of hydrogen-bond acceptors (Lipinski definition) is 3. The second kappa shape index (κ2) is 9.36. The van der Waals surface area contributed by atoms with Gasteiger partial charge in [-0.1, -0.05) is 6.08 Å². The first-order valence-corrected chi connectivity index (χ1v) is 7.06. The van der Waals surface area contributed by atoms with E-state index in [1.807, 2.05) is 0 Å². The van der Waals surface area contributed by atoms with Gasteiger partial charge in [0.25, 0.3) is 0 Å². The molecule has 114 valence electrons. The Morgan fingerprint density at radius 1 is 1.45 bits per heavy atom. The molecule has 1 heterocycles. The van der Waals surface area contributed by atoms with Crippen LogP contribution in [0.25, 0.3) is 0 Å². The Kier molecular flexibility index (Phi) is 7.72. The first-order chi connectivity index (χ1) is 9.63. The lowest BCUT2D eigenvalue weighted by molar-refractivity contribution is -0.138. The van der Waals surface area contributed by atoms with E-state index in [0.29, 0.717) is 32.8 Å². The molecule has 20 heavy (non-hydrogen) atoms. The normalized spacial score (nSPS) is 18.6. The molecule has 6 nitrogen and oxygen atoms in total. The molecular weight excluding hydrogens is 260 g/mol. The predicted octanol–water partition coefficient (Wildman–Crippen LogP) is 1.48. The van der Waals surface area contributed by atoms with Crippen LogP contribution in [0.1, 0.15) is 25.7 Å². The quantitative estimate of drug-likeness (QED) is 0.522. The van der Waals surface area contributed by atoms with E-state index in [0.717, 1.165) is 19.3 Å². The average Bonchev–Trinajstić information content (AvgIpc) is 2.42. The number of carbonyl (C=O) groups is 2. The highest BCUT2D eigenvalue weighted by Crippen LogP contribution is 2.19. The number of urea groups is 1. The molecule has 6 heteroatoms. The summed E-state index contributed by atoms with van der Waals surface area (Å²) < 4.78 is 5.30. The largest absolute Gasteiger partial charge is 0.481 e. The molecule has 0 saturated carbocycles. The Labute approximate surface area is 119 Å². The van der Waals surface area contributed by atoms with Crippen molar-refractivity contribution in [3.63, 3.8) is 0 Å². The molecule has 2 amide bonds. The lowest BCUT2D eigenvalue weighted by Gasteiger charge is -2.32. The topological polar surface area (TPSA) is 78.9 Å². The Bertz CT molecular complexity index is 333. The second-order valence-corrected chi connectivity index (χ2v) is 4.97. The third kappa shape index (κ3) is 6.56. The summed E-state index contributed by atoms with van der Waals surface area (Å²) >= 11 is 0. The third-order valence-electron chi connectivity index (χ3n) is 3.26. The van der Waals surface area contributed by atoms with Crippen LogP contribution in [0.4, 0.5) is 4.79 Å². The zero-order valence-electron chi connectivity index (χ0n) is 11.8. The monoisotopic (exact) mass is 284 g/mol. The van der Waals surface area contributed by atoms with Crippen LogP contribution in [-0.2, 0) is 9.53 Å². The van der Waals surface area contributed by atoms with Crippen LogP contribution in [0.5, 0.6) is 0 Å². The summed E-state index contributed by atoms with van der Waals surface area (Å²) in [6.07, 6.45) is 4.46. The summed E-state index contributed by atoms with van der Waals surface area (Å²) in [5.41, 5.74) is 0. The van der Waals surface area contributed by atoms with Crippen LogP contribution < -0.4 is 5.32 Å². The highest BCUT2D eigenvalue weighted by molar-refractivity contribution is 5.74. The number of rotatable bonds is 8. The molecule has 1 rings (SSSR count). The maximum Gasteiger partial charge on any atom is 0.317 e. The lowest BCUT2D eigenvalue weighted by Crippen LogP contribution is -2.46. The van der Waals surface area contributed by atoms with Crippen molar-refractivity contribution in [1.29, 1.82) is 0 Å². The van der Waals surface area contributed by atoms with E-state index in [1.54, 1.807) is 11.0 Å². The molecule has 1 unspecified atom stereocenters. The van der Waals surface area contributed by atoms with Crippen LogP contribution in [0.15, 0.2) is 12.7 Å². The van der Waals surface area contributed by atoms with Gasteiger partial charge in [-0.3, -0.25) is 4.79 Å². The SMILES string of the molecule is C=CCCOCCNC(=O)N1CCCC(CC(=O)O)C1. The second-order valence-electron chi connectivity index (χ2n) is 4.97. The zero-order chi connectivity index (χ0) is 14.8. The van der Waals surface area contributed by atoms with Crippen molar-refractivity contribution in [1.82, 2.24) is 10.2 Å². The fourth-order valence-corrected chi connectivity index (χ4v) is 2.27. The molecule has 0 radical (unpaired) electrons. The molecule has 1 fully saturated rings. The molecule has 1 aliphatic heterocycles. The summed E-state index contributed by atoms with van der Waals surface area (Å²) in [5, 5.41) is 11.6. The Balaban J connectivity index is 2.18. The van der Waals surface area contributed by atoms with Crippen molar-refractivity contribution in [2.75, 3.05) is 32.8 Å². The van der Waals surface area contributed by atoms with E-state index in [-0.39, 0.29) is 18.4 Å². The molecule has 0 aromatic carbocycles. The van der Waals surface area contributed by atoms with Crippen molar-refractivity contribution in [3.05, 3.63) is 12.7 Å². The minimum absolute atomic E-state index is 0.0656. The number of aliphatic carboxylic acids is 1. The molecule has 0 aromatic heterocycles. The fraction of sp³-hybridized carbons (Fsp3) is 0.714. The molecule has 1 saturated heterocycles. The number of amides is 2. The fourth-order valence-electron chi connectivity index (χ4n) is 2.27. The van der Waals surface area contributed by atoms with Crippen LogP contribution >= 0.6 is 0 Å². The molecule has 0 bridgehead atoms. The molecule has 0 aliphatic carbocycles. The van der Waals surface area contributed by atoms with Gasteiger partial charge in [0.15, 0.2) is 0 Å². The Morgan fingerprint density at radius 3 is 2.95 bits per heavy atom. The molecule has 2 N–H and O–H groups in total. The van der Waals surface area contributed by atoms with Gasteiger partial charge in [-0.25, -0.2) is 4.79 Å². The van der Waals surface area contributed by atoms with Crippen molar-refractivity contribution in [2.45, 2.75) is 25.7 Å². The van der Waals surface area contributed by atoms with Crippen LogP contribution in [0, 0.1) is 5.92 Å². The van der Waals surface area contributed by atoms with Gasteiger partial charge in [0.2, 0.25) is 0 Å². The van der Waals surface area contributed by atoms with E-state index in [1.165, 1.54) is 0 Å². The highest BCUT2D eigenvalue weighted by Gasteiger charge is 2.24. The van der Waals surface area contributed by atoms with E-state index < -0.39 is 5.97 Å². The molecule has 0 aromatic rings. The Hall–Kier alpha value is -1.56. The van der Waals surface area contributed by atoms with Crippen LogP contribution in [0.3, 0.4) is 0 Å². The number of nitrogens with one attached hydrogen (secondary N) is 1. The maximum atomic E-state index is 11.9. The van der Waals surface area contributed by atoms with Gasteiger partial charge < -0.3 is 20.1 Å². The minimum atomic E-state index is -0.798. The van der Waals surface area contributed by atoms with Gasteiger partial charge >= 0.3 is 12.0 Å². The van der Waals surface area contributed by atoms with Crippen molar-refractivity contribution in [2.24, 2.45) is 5.92 Å². The lowest BCUT2D eigenvalue weighted by atomic mass is 9.95. The first-order valence-electron chi connectivity index (χ1n) is 7.06. The molecule has 1 atom stereocenters. The van der Waals surface area contributed by atoms with Gasteiger partial charge in [-0.05, 0) is 25.2 Å². The first kappa shape index (κ1) is 16.5. The molecule has 1 aliphatic rings. The van der Waals surface area contributed by atoms with Gasteiger partial charge in [-0.2, -0.15) is 0 Å². The van der Waals surface area contributed by atoms with E-state index in [9.17, 15) is 9.59 Å². The highest BCUT2D eigenvalue weighted by atomic mass is 16.5.